The van der Waals surface area contributed by atoms with Gasteiger partial charge in [-0.15, -0.1) is 0 Å². The van der Waals surface area contributed by atoms with Gasteiger partial charge in [0.25, 0.3) is 0 Å². The van der Waals surface area contributed by atoms with Crippen molar-refractivity contribution in [1.82, 2.24) is 4.98 Å². The molecule has 1 aliphatic heterocycles. The quantitative estimate of drug-likeness (QED) is 0.898. The Morgan fingerprint density at radius 3 is 2.94 bits per heavy atom. The van der Waals surface area contributed by atoms with E-state index in [-0.39, 0.29) is 0 Å². The molecule has 0 atom stereocenters. The summed E-state index contributed by atoms with van der Waals surface area (Å²) in [6.07, 6.45) is 0. The molecule has 92 valence electrons. The Labute approximate surface area is 106 Å². The van der Waals surface area contributed by atoms with Crippen molar-refractivity contribution in [3.05, 3.63) is 47.7 Å². The normalized spacial score (nSPS) is 12.5. The van der Waals surface area contributed by atoms with Gasteiger partial charge in [-0.3, -0.25) is 0 Å². The summed E-state index contributed by atoms with van der Waals surface area (Å²) in [7, 11) is 0. The summed E-state index contributed by atoms with van der Waals surface area (Å²) >= 11 is 0. The summed E-state index contributed by atoms with van der Waals surface area (Å²) in [6.45, 7) is 3.00. The van der Waals surface area contributed by atoms with Gasteiger partial charge in [0.15, 0.2) is 11.5 Å². The number of benzene rings is 1. The fraction of sp³-hybridized carbons (Fsp3) is 0.214. The Hall–Kier alpha value is -2.23. The number of nitrogens with zero attached hydrogens (tertiary/aromatic N) is 1. The number of aromatic nitrogens is 1. The molecule has 0 aliphatic carbocycles. The van der Waals surface area contributed by atoms with Gasteiger partial charge in [-0.05, 0) is 36.8 Å². The molecule has 0 radical (unpaired) electrons. The number of fused-ring (bicyclic) bond motifs is 1. The van der Waals surface area contributed by atoms with Crippen molar-refractivity contribution in [3.63, 3.8) is 0 Å². The molecule has 4 nitrogen and oxygen atoms in total. The van der Waals surface area contributed by atoms with Gasteiger partial charge in [0.1, 0.15) is 5.82 Å². The van der Waals surface area contributed by atoms with Gasteiger partial charge < -0.3 is 14.8 Å². The molecule has 0 saturated heterocycles. The lowest BCUT2D eigenvalue weighted by Crippen LogP contribution is -2.01. The number of pyridine rings is 1. The van der Waals surface area contributed by atoms with Crippen LogP contribution in [0.2, 0.25) is 0 Å². The highest BCUT2D eigenvalue weighted by atomic mass is 16.7. The highest BCUT2D eigenvalue weighted by molar-refractivity contribution is 5.45. The fourth-order valence-electron chi connectivity index (χ4n) is 1.89. The van der Waals surface area contributed by atoms with Crippen LogP contribution in [0.25, 0.3) is 0 Å². The van der Waals surface area contributed by atoms with Crippen molar-refractivity contribution in [2.24, 2.45) is 0 Å². The van der Waals surface area contributed by atoms with E-state index >= 15 is 0 Å². The van der Waals surface area contributed by atoms with Crippen molar-refractivity contribution in [1.29, 1.82) is 0 Å². The van der Waals surface area contributed by atoms with Gasteiger partial charge in [-0.1, -0.05) is 12.1 Å². The predicted octanol–water partition coefficient (Wildman–Crippen LogP) is 2.73. The lowest BCUT2D eigenvalue weighted by molar-refractivity contribution is 0.174. The van der Waals surface area contributed by atoms with Gasteiger partial charge in [0.2, 0.25) is 6.79 Å². The first kappa shape index (κ1) is 10.9. The summed E-state index contributed by atoms with van der Waals surface area (Å²) in [5, 5.41) is 3.29. The Balaban J connectivity index is 1.70. The van der Waals surface area contributed by atoms with E-state index in [4.69, 9.17) is 9.47 Å². The minimum atomic E-state index is 0.311. The molecular formula is C14H14N2O2. The molecule has 1 aromatic carbocycles. The fourth-order valence-corrected chi connectivity index (χ4v) is 1.89. The van der Waals surface area contributed by atoms with Crippen LogP contribution < -0.4 is 14.8 Å². The molecule has 0 spiro atoms. The zero-order chi connectivity index (χ0) is 12.4. The van der Waals surface area contributed by atoms with Crippen molar-refractivity contribution < 1.29 is 9.47 Å². The first-order valence-electron chi connectivity index (χ1n) is 5.87. The van der Waals surface area contributed by atoms with Crippen molar-refractivity contribution >= 4 is 5.82 Å². The maximum absolute atomic E-state index is 5.34. The first-order chi connectivity index (χ1) is 8.81. The average Bonchev–Trinajstić information content (AvgIpc) is 2.84. The Morgan fingerprint density at radius 1 is 1.17 bits per heavy atom. The van der Waals surface area contributed by atoms with E-state index in [1.807, 2.05) is 43.3 Å². The zero-order valence-electron chi connectivity index (χ0n) is 10.1. The standard InChI is InChI=1S/C14H14N2O2/c1-10-3-2-4-14(16-10)15-8-11-5-6-12-13(7-11)18-9-17-12/h2-7H,8-9H2,1H3,(H,15,16). The van der Waals surface area contributed by atoms with Crippen LogP contribution in [0.5, 0.6) is 11.5 Å². The SMILES string of the molecule is Cc1cccc(NCc2ccc3c(c2)OCO3)n1. The molecule has 4 heteroatoms. The van der Waals surface area contributed by atoms with E-state index in [0.29, 0.717) is 13.3 Å². The Kier molecular flexibility index (Phi) is 2.76. The van der Waals surface area contributed by atoms with E-state index in [0.717, 1.165) is 28.6 Å². The summed E-state index contributed by atoms with van der Waals surface area (Å²) < 4.78 is 10.6. The molecule has 1 aromatic heterocycles. The van der Waals surface area contributed by atoms with Crippen LogP contribution >= 0.6 is 0 Å². The second-order valence-corrected chi connectivity index (χ2v) is 4.21. The van der Waals surface area contributed by atoms with Gasteiger partial charge in [0, 0.05) is 12.2 Å². The summed E-state index contributed by atoms with van der Waals surface area (Å²) in [5.74, 6) is 2.51. The topological polar surface area (TPSA) is 43.4 Å². The van der Waals surface area contributed by atoms with Gasteiger partial charge in [-0.2, -0.15) is 0 Å². The summed E-state index contributed by atoms with van der Waals surface area (Å²) in [4.78, 5) is 4.39. The van der Waals surface area contributed by atoms with Crippen LogP contribution in [0.1, 0.15) is 11.3 Å². The number of rotatable bonds is 3. The molecule has 3 rings (SSSR count). The van der Waals surface area contributed by atoms with Gasteiger partial charge >= 0.3 is 0 Å². The molecule has 0 fully saturated rings. The lowest BCUT2D eigenvalue weighted by Gasteiger charge is -2.07. The highest BCUT2D eigenvalue weighted by Crippen LogP contribution is 2.32. The van der Waals surface area contributed by atoms with Gasteiger partial charge in [0.05, 0.1) is 0 Å². The van der Waals surface area contributed by atoms with Crippen LogP contribution in [0, 0.1) is 6.92 Å². The highest BCUT2D eigenvalue weighted by Gasteiger charge is 2.12. The van der Waals surface area contributed by atoms with Crippen molar-refractivity contribution in [3.8, 4) is 11.5 Å². The zero-order valence-corrected chi connectivity index (χ0v) is 10.1. The number of anilines is 1. The molecule has 2 heterocycles. The predicted molar refractivity (Wildman–Crippen MR) is 68.9 cm³/mol. The van der Waals surface area contributed by atoms with E-state index < -0.39 is 0 Å². The van der Waals surface area contributed by atoms with E-state index in [9.17, 15) is 0 Å². The molecule has 2 aromatic rings. The van der Waals surface area contributed by atoms with Crippen molar-refractivity contribution in [2.75, 3.05) is 12.1 Å². The van der Waals surface area contributed by atoms with Crippen LogP contribution in [0.15, 0.2) is 36.4 Å². The molecule has 0 bridgehead atoms. The van der Waals surface area contributed by atoms with Crippen LogP contribution in [-0.4, -0.2) is 11.8 Å². The Morgan fingerprint density at radius 2 is 2.06 bits per heavy atom. The lowest BCUT2D eigenvalue weighted by atomic mass is 10.2. The summed E-state index contributed by atoms with van der Waals surface area (Å²) in [5.41, 5.74) is 2.15. The maximum Gasteiger partial charge on any atom is 0.231 e. The number of hydrogen-bond acceptors (Lipinski definition) is 4. The summed E-state index contributed by atoms with van der Waals surface area (Å²) in [6, 6.07) is 11.9. The molecule has 18 heavy (non-hydrogen) atoms. The maximum atomic E-state index is 5.34. The second-order valence-electron chi connectivity index (χ2n) is 4.21. The smallest absolute Gasteiger partial charge is 0.231 e. The number of nitrogens with one attached hydrogen (secondary N) is 1. The van der Waals surface area contributed by atoms with E-state index in [1.165, 1.54) is 0 Å². The molecule has 0 amide bonds. The van der Waals surface area contributed by atoms with E-state index in [1.54, 1.807) is 0 Å². The first-order valence-corrected chi connectivity index (χ1v) is 5.87. The molecule has 1 aliphatic rings. The van der Waals surface area contributed by atoms with Crippen LogP contribution in [0.3, 0.4) is 0 Å². The number of hydrogen-bond donors (Lipinski definition) is 1. The number of ether oxygens (including phenoxy) is 2. The Bertz CT molecular complexity index is 569. The minimum absolute atomic E-state index is 0.311. The molecule has 0 saturated carbocycles. The second kappa shape index (κ2) is 4.56. The van der Waals surface area contributed by atoms with Crippen LogP contribution in [-0.2, 0) is 6.54 Å². The third-order valence-corrected chi connectivity index (χ3v) is 2.80. The molecular weight excluding hydrogens is 228 g/mol. The minimum Gasteiger partial charge on any atom is -0.454 e. The van der Waals surface area contributed by atoms with Crippen molar-refractivity contribution in [2.45, 2.75) is 13.5 Å². The third-order valence-electron chi connectivity index (χ3n) is 2.80. The largest absolute Gasteiger partial charge is 0.454 e. The third kappa shape index (κ3) is 2.22. The average molecular weight is 242 g/mol. The molecule has 0 unspecified atom stereocenters. The molecule has 1 N–H and O–H groups in total. The van der Waals surface area contributed by atoms with E-state index in [2.05, 4.69) is 10.3 Å². The van der Waals surface area contributed by atoms with Gasteiger partial charge in [-0.25, -0.2) is 4.98 Å². The van der Waals surface area contributed by atoms with Crippen LogP contribution in [0.4, 0.5) is 5.82 Å². The monoisotopic (exact) mass is 242 g/mol. The number of aryl methyl sites for hydroxylation is 1.